The van der Waals surface area contributed by atoms with E-state index in [0.29, 0.717) is 18.0 Å². The number of thiazole rings is 1. The number of aromatic nitrogens is 1. The Morgan fingerprint density at radius 1 is 1.59 bits per heavy atom. The smallest absolute Gasteiger partial charge is 0.110 e. The van der Waals surface area contributed by atoms with E-state index in [1.807, 2.05) is 0 Å². The molecule has 1 fully saturated rings. The lowest BCUT2D eigenvalue weighted by atomic mass is 9.92. The molecule has 0 N–H and O–H groups in total. The van der Waals surface area contributed by atoms with Gasteiger partial charge in [-0.25, -0.2) is 4.98 Å². The average molecular weight is 273 g/mol. The molecule has 1 aromatic rings. The van der Waals surface area contributed by atoms with Crippen molar-refractivity contribution in [2.45, 2.75) is 51.6 Å². The van der Waals surface area contributed by atoms with Gasteiger partial charge in [-0.15, -0.1) is 22.9 Å². The number of piperidine rings is 1. The molecule has 4 heteroatoms. The maximum absolute atomic E-state index is 5.81. The maximum atomic E-state index is 5.81. The monoisotopic (exact) mass is 272 g/mol. The summed E-state index contributed by atoms with van der Waals surface area (Å²) < 4.78 is 0. The number of hydrogen-bond acceptors (Lipinski definition) is 3. The molecule has 0 amide bonds. The van der Waals surface area contributed by atoms with Crippen LogP contribution in [0.4, 0.5) is 0 Å². The summed E-state index contributed by atoms with van der Waals surface area (Å²) in [6.07, 6.45) is 2.61. The van der Waals surface area contributed by atoms with Crippen molar-refractivity contribution in [3.05, 3.63) is 16.1 Å². The maximum Gasteiger partial charge on any atom is 0.110 e. The largest absolute Gasteiger partial charge is 0.292 e. The predicted octanol–water partition coefficient (Wildman–Crippen LogP) is 4.06. The lowest BCUT2D eigenvalue weighted by molar-refractivity contribution is 0.0892. The van der Waals surface area contributed by atoms with Gasteiger partial charge in [-0.05, 0) is 39.2 Å². The number of nitrogens with zero attached hydrogens (tertiary/aromatic N) is 2. The lowest BCUT2D eigenvalue weighted by Gasteiger charge is -2.39. The molecule has 0 bridgehead atoms. The van der Waals surface area contributed by atoms with E-state index < -0.39 is 0 Å². The fraction of sp³-hybridized carbons (Fsp3) is 0.769. The summed E-state index contributed by atoms with van der Waals surface area (Å²) in [7, 11) is 0. The first-order chi connectivity index (χ1) is 8.11. The van der Waals surface area contributed by atoms with Gasteiger partial charge in [0.25, 0.3) is 0 Å². The molecule has 1 aliphatic heterocycles. The minimum absolute atomic E-state index is 0.430. The molecular weight excluding hydrogens is 252 g/mol. The van der Waals surface area contributed by atoms with E-state index in [1.54, 1.807) is 11.3 Å². The summed E-state index contributed by atoms with van der Waals surface area (Å²) in [6.45, 7) is 8.15. The van der Waals surface area contributed by atoms with Crippen LogP contribution in [0.25, 0.3) is 0 Å². The van der Waals surface area contributed by atoms with E-state index in [-0.39, 0.29) is 0 Å². The van der Waals surface area contributed by atoms with Crippen molar-refractivity contribution in [1.82, 2.24) is 9.88 Å². The van der Waals surface area contributed by atoms with Crippen LogP contribution >= 0.6 is 22.9 Å². The normalized spacial score (nSPS) is 28.2. The van der Waals surface area contributed by atoms with Gasteiger partial charge in [0.2, 0.25) is 0 Å². The molecular formula is C13H21ClN2S. The Hall–Kier alpha value is -0.120. The van der Waals surface area contributed by atoms with Crippen molar-refractivity contribution >= 4 is 22.9 Å². The number of halogens is 1. The minimum Gasteiger partial charge on any atom is -0.292 e. The van der Waals surface area contributed by atoms with E-state index in [9.17, 15) is 0 Å². The molecule has 0 aromatic carbocycles. The van der Waals surface area contributed by atoms with Crippen LogP contribution in [0.1, 0.15) is 50.4 Å². The van der Waals surface area contributed by atoms with Gasteiger partial charge in [0, 0.05) is 11.4 Å². The Labute approximate surface area is 113 Å². The predicted molar refractivity (Wildman–Crippen MR) is 74.7 cm³/mol. The molecule has 2 rings (SSSR count). The van der Waals surface area contributed by atoms with Crippen LogP contribution in [0.5, 0.6) is 0 Å². The van der Waals surface area contributed by atoms with E-state index in [1.165, 1.54) is 24.4 Å². The third-order valence-electron chi connectivity index (χ3n) is 3.75. The van der Waals surface area contributed by atoms with E-state index in [0.717, 1.165) is 11.6 Å². The van der Waals surface area contributed by atoms with Crippen molar-refractivity contribution in [2.24, 2.45) is 5.92 Å². The summed E-state index contributed by atoms with van der Waals surface area (Å²) in [6, 6.07) is 1.09. The molecule has 2 heterocycles. The molecule has 3 unspecified atom stereocenters. The second-order valence-electron chi connectivity index (χ2n) is 5.20. The van der Waals surface area contributed by atoms with Gasteiger partial charge in [-0.2, -0.15) is 0 Å². The van der Waals surface area contributed by atoms with Crippen LogP contribution < -0.4 is 0 Å². The van der Waals surface area contributed by atoms with Crippen molar-refractivity contribution in [3.63, 3.8) is 0 Å². The first-order valence-electron chi connectivity index (χ1n) is 6.37. The standard InChI is InChI=1S/C13H21ClN2S/c1-9-4-5-16(10(2)6-9)11(3)13-15-12(7-14)8-17-13/h8-11H,4-7H2,1-3H3. The molecule has 0 radical (unpaired) electrons. The Bertz CT molecular complexity index is 366. The van der Waals surface area contributed by atoms with E-state index in [2.05, 4.69) is 36.0 Å². The fourth-order valence-electron chi connectivity index (χ4n) is 2.72. The van der Waals surface area contributed by atoms with Crippen molar-refractivity contribution in [3.8, 4) is 0 Å². The highest BCUT2D eigenvalue weighted by atomic mass is 35.5. The Morgan fingerprint density at radius 3 is 2.94 bits per heavy atom. The molecule has 2 nitrogen and oxygen atoms in total. The molecule has 1 aliphatic rings. The summed E-state index contributed by atoms with van der Waals surface area (Å²) in [4.78, 5) is 7.18. The van der Waals surface area contributed by atoms with Crippen LogP contribution in [-0.2, 0) is 5.88 Å². The molecule has 1 saturated heterocycles. The molecule has 96 valence electrons. The Kier molecular flexibility index (Phi) is 4.45. The Balaban J connectivity index is 2.06. The van der Waals surface area contributed by atoms with Crippen LogP contribution in [-0.4, -0.2) is 22.5 Å². The molecule has 0 saturated carbocycles. The van der Waals surface area contributed by atoms with Gasteiger partial charge >= 0.3 is 0 Å². The van der Waals surface area contributed by atoms with Gasteiger partial charge in [-0.1, -0.05) is 6.92 Å². The quantitative estimate of drug-likeness (QED) is 0.772. The summed E-state index contributed by atoms with van der Waals surface area (Å²) >= 11 is 7.55. The van der Waals surface area contributed by atoms with Gasteiger partial charge in [0.15, 0.2) is 0 Å². The highest BCUT2D eigenvalue weighted by Crippen LogP contribution is 2.32. The summed E-state index contributed by atoms with van der Waals surface area (Å²) in [5.74, 6) is 1.39. The van der Waals surface area contributed by atoms with Crippen LogP contribution in [0, 0.1) is 5.92 Å². The highest BCUT2D eigenvalue weighted by molar-refractivity contribution is 7.09. The zero-order valence-electron chi connectivity index (χ0n) is 10.8. The van der Waals surface area contributed by atoms with Gasteiger partial charge in [-0.3, -0.25) is 4.90 Å². The van der Waals surface area contributed by atoms with Gasteiger partial charge < -0.3 is 0 Å². The number of likely N-dealkylation sites (tertiary alicyclic amines) is 1. The van der Waals surface area contributed by atoms with Gasteiger partial charge in [0.05, 0.1) is 17.6 Å². The summed E-state index contributed by atoms with van der Waals surface area (Å²) in [5.41, 5.74) is 1.01. The number of rotatable bonds is 3. The molecule has 0 aliphatic carbocycles. The number of hydrogen-bond donors (Lipinski definition) is 0. The van der Waals surface area contributed by atoms with Crippen molar-refractivity contribution in [1.29, 1.82) is 0 Å². The first-order valence-corrected chi connectivity index (χ1v) is 7.79. The zero-order chi connectivity index (χ0) is 12.4. The van der Waals surface area contributed by atoms with Gasteiger partial charge in [0.1, 0.15) is 5.01 Å². The second kappa shape index (κ2) is 5.68. The average Bonchev–Trinajstić information content (AvgIpc) is 2.76. The van der Waals surface area contributed by atoms with Crippen LogP contribution in [0.3, 0.4) is 0 Å². The second-order valence-corrected chi connectivity index (χ2v) is 6.36. The Morgan fingerprint density at radius 2 is 2.35 bits per heavy atom. The zero-order valence-corrected chi connectivity index (χ0v) is 12.4. The topological polar surface area (TPSA) is 16.1 Å². The van der Waals surface area contributed by atoms with E-state index in [4.69, 9.17) is 11.6 Å². The lowest BCUT2D eigenvalue weighted by Crippen LogP contribution is -2.41. The number of alkyl halides is 1. The van der Waals surface area contributed by atoms with Crippen molar-refractivity contribution < 1.29 is 0 Å². The van der Waals surface area contributed by atoms with E-state index >= 15 is 0 Å². The minimum atomic E-state index is 0.430. The first kappa shape index (κ1) is 13.3. The molecule has 17 heavy (non-hydrogen) atoms. The SMILES string of the molecule is CC1CCN(C(C)c2nc(CCl)cs2)C(C)C1. The van der Waals surface area contributed by atoms with Crippen LogP contribution in [0.2, 0.25) is 0 Å². The fourth-order valence-corrected chi connectivity index (χ4v) is 3.84. The molecule has 1 aromatic heterocycles. The van der Waals surface area contributed by atoms with Crippen molar-refractivity contribution in [2.75, 3.05) is 6.54 Å². The molecule has 3 atom stereocenters. The third kappa shape index (κ3) is 3.01. The molecule has 0 spiro atoms. The van der Waals surface area contributed by atoms with Crippen LogP contribution in [0.15, 0.2) is 5.38 Å². The highest BCUT2D eigenvalue weighted by Gasteiger charge is 2.28. The third-order valence-corrected chi connectivity index (χ3v) is 5.09. The summed E-state index contributed by atoms with van der Waals surface area (Å²) in [5, 5.41) is 3.29.